The number of methoxy groups -OCH3 is 5. The SMILES string of the molecule is COc1ccc(-c2cc3cc(OC)c(OC)cc3c(/C=C/c3ccc(OC)c(OC)c3)[o+]2)cc1. The third kappa shape index (κ3) is 4.62. The first-order valence-electron chi connectivity index (χ1n) is 10.7. The molecular formula is C28H27O6+. The second-order valence-corrected chi connectivity index (χ2v) is 7.45. The van der Waals surface area contributed by atoms with Gasteiger partial charge in [-0.05, 0) is 54.1 Å². The van der Waals surface area contributed by atoms with Crippen LogP contribution >= 0.6 is 0 Å². The van der Waals surface area contributed by atoms with Crippen LogP contribution in [0, 0.1) is 0 Å². The Labute approximate surface area is 198 Å². The first kappa shape index (κ1) is 23.0. The minimum Gasteiger partial charge on any atom is -0.497 e. The van der Waals surface area contributed by atoms with E-state index in [9.17, 15) is 0 Å². The van der Waals surface area contributed by atoms with E-state index in [0.29, 0.717) is 34.5 Å². The van der Waals surface area contributed by atoms with E-state index in [0.717, 1.165) is 27.6 Å². The minimum absolute atomic E-state index is 0.628. The van der Waals surface area contributed by atoms with E-state index in [2.05, 4.69) is 0 Å². The Morgan fingerprint density at radius 1 is 0.588 bits per heavy atom. The van der Waals surface area contributed by atoms with Crippen molar-refractivity contribution in [1.82, 2.24) is 0 Å². The van der Waals surface area contributed by atoms with E-state index < -0.39 is 0 Å². The zero-order chi connectivity index (χ0) is 24.1. The van der Waals surface area contributed by atoms with Crippen LogP contribution < -0.4 is 23.7 Å². The molecule has 1 heterocycles. The van der Waals surface area contributed by atoms with Crippen molar-refractivity contribution in [2.24, 2.45) is 0 Å². The highest BCUT2D eigenvalue weighted by molar-refractivity contribution is 5.94. The van der Waals surface area contributed by atoms with E-state index >= 15 is 0 Å². The van der Waals surface area contributed by atoms with Gasteiger partial charge >= 0.3 is 11.5 Å². The standard InChI is InChI=1S/C28H27O6/c1-29-21-10-8-19(9-11-21)25-15-20-16-27(32-4)28(33-5)17-22(20)23(34-25)12-6-18-7-13-24(30-2)26(14-18)31-3/h6-17H,1-5H3/q+1/b12-6+. The highest BCUT2D eigenvalue weighted by Crippen LogP contribution is 2.37. The van der Waals surface area contributed by atoms with Crippen LogP contribution in [0.4, 0.5) is 0 Å². The first-order valence-corrected chi connectivity index (χ1v) is 10.7. The average Bonchev–Trinajstić information content (AvgIpc) is 2.90. The van der Waals surface area contributed by atoms with Crippen LogP contribution in [0.5, 0.6) is 28.7 Å². The molecule has 0 aliphatic rings. The summed E-state index contributed by atoms with van der Waals surface area (Å²) in [5, 5.41) is 1.85. The summed E-state index contributed by atoms with van der Waals surface area (Å²) in [6, 6.07) is 19.3. The van der Waals surface area contributed by atoms with Gasteiger partial charge in [0.2, 0.25) is 0 Å². The van der Waals surface area contributed by atoms with Gasteiger partial charge in [0.25, 0.3) is 0 Å². The summed E-state index contributed by atoms with van der Waals surface area (Å²) >= 11 is 0. The van der Waals surface area contributed by atoms with Gasteiger partial charge in [-0.1, -0.05) is 6.07 Å². The van der Waals surface area contributed by atoms with Crippen molar-refractivity contribution in [2.75, 3.05) is 35.5 Å². The molecule has 6 nitrogen and oxygen atoms in total. The zero-order valence-electron chi connectivity index (χ0n) is 19.9. The van der Waals surface area contributed by atoms with Gasteiger partial charge < -0.3 is 23.7 Å². The molecule has 34 heavy (non-hydrogen) atoms. The predicted molar refractivity (Wildman–Crippen MR) is 134 cm³/mol. The van der Waals surface area contributed by atoms with Crippen molar-refractivity contribution in [3.63, 3.8) is 0 Å². The number of benzene rings is 3. The summed E-state index contributed by atoms with van der Waals surface area (Å²) in [4.78, 5) is 0. The Morgan fingerprint density at radius 3 is 1.88 bits per heavy atom. The Morgan fingerprint density at radius 2 is 1.24 bits per heavy atom. The van der Waals surface area contributed by atoms with Crippen molar-refractivity contribution in [2.45, 2.75) is 0 Å². The Kier molecular flexibility index (Phi) is 6.87. The molecule has 0 amide bonds. The molecular weight excluding hydrogens is 432 g/mol. The van der Waals surface area contributed by atoms with E-state index in [1.54, 1.807) is 35.5 Å². The van der Waals surface area contributed by atoms with Gasteiger partial charge in [-0.2, -0.15) is 0 Å². The molecule has 0 bridgehead atoms. The maximum absolute atomic E-state index is 6.37. The maximum Gasteiger partial charge on any atom is 0.361 e. The molecule has 0 aliphatic carbocycles. The van der Waals surface area contributed by atoms with Crippen LogP contribution in [0.25, 0.3) is 34.2 Å². The van der Waals surface area contributed by atoms with Crippen LogP contribution in [-0.2, 0) is 0 Å². The molecule has 0 saturated heterocycles. The van der Waals surface area contributed by atoms with E-state index in [-0.39, 0.29) is 0 Å². The van der Waals surface area contributed by atoms with Gasteiger partial charge in [0.15, 0.2) is 23.0 Å². The molecule has 0 radical (unpaired) electrons. The van der Waals surface area contributed by atoms with E-state index in [4.69, 9.17) is 28.1 Å². The molecule has 0 N–H and O–H groups in total. The molecule has 6 heteroatoms. The summed E-state index contributed by atoms with van der Waals surface area (Å²) in [6.07, 6.45) is 3.90. The fourth-order valence-electron chi connectivity index (χ4n) is 3.72. The summed E-state index contributed by atoms with van der Waals surface area (Å²) in [5.41, 5.74) is 1.87. The van der Waals surface area contributed by atoms with Crippen molar-refractivity contribution < 1.29 is 28.1 Å². The number of hydrogen-bond donors (Lipinski definition) is 0. The van der Waals surface area contributed by atoms with Crippen molar-refractivity contribution in [3.8, 4) is 40.1 Å². The second-order valence-electron chi connectivity index (χ2n) is 7.45. The fourth-order valence-corrected chi connectivity index (χ4v) is 3.72. The molecule has 0 aliphatic heterocycles. The van der Waals surface area contributed by atoms with Gasteiger partial charge in [0.05, 0.1) is 52.6 Å². The molecule has 4 rings (SSSR count). The predicted octanol–water partition coefficient (Wildman–Crippen LogP) is 6.59. The van der Waals surface area contributed by atoms with Crippen LogP contribution in [0.3, 0.4) is 0 Å². The van der Waals surface area contributed by atoms with Crippen molar-refractivity contribution in [3.05, 3.63) is 72.0 Å². The van der Waals surface area contributed by atoms with Gasteiger partial charge in [-0.25, -0.2) is 4.42 Å². The number of ether oxygens (including phenoxy) is 5. The van der Waals surface area contributed by atoms with Crippen LogP contribution in [0.1, 0.15) is 11.3 Å². The molecule has 0 fully saturated rings. The van der Waals surface area contributed by atoms with Crippen LogP contribution in [0.15, 0.2) is 65.1 Å². The van der Waals surface area contributed by atoms with Gasteiger partial charge in [-0.15, -0.1) is 0 Å². The van der Waals surface area contributed by atoms with Crippen molar-refractivity contribution in [1.29, 1.82) is 0 Å². The lowest BCUT2D eigenvalue weighted by Crippen LogP contribution is -1.92. The summed E-state index contributed by atoms with van der Waals surface area (Å²) in [5.74, 6) is 4.79. The van der Waals surface area contributed by atoms with Gasteiger partial charge in [-0.3, -0.25) is 0 Å². The van der Waals surface area contributed by atoms with Crippen molar-refractivity contribution >= 4 is 22.9 Å². The molecule has 0 spiro atoms. The second kappa shape index (κ2) is 10.2. The quantitative estimate of drug-likeness (QED) is 0.277. The largest absolute Gasteiger partial charge is 0.497 e. The molecule has 0 atom stereocenters. The van der Waals surface area contributed by atoms with Gasteiger partial charge in [0, 0.05) is 17.5 Å². The maximum atomic E-state index is 6.37. The highest BCUT2D eigenvalue weighted by Gasteiger charge is 2.21. The topological polar surface area (TPSA) is 57.5 Å². The summed E-state index contributed by atoms with van der Waals surface area (Å²) in [7, 11) is 8.12. The summed E-state index contributed by atoms with van der Waals surface area (Å²) < 4.78 is 33.5. The Bertz CT molecular complexity index is 1330. The number of rotatable bonds is 8. The highest BCUT2D eigenvalue weighted by atomic mass is 16.5. The lowest BCUT2D eigenvalue weighted by atomic mass is 10.0. The minimum atomic E-state index is 0.628. The molecule has 1 aromatic heterocycles. The first-order chi connectivity index (χ1) is 16.6. The smallest absolute Gasteiger partial charge is 0.361 e. The van der Waals surface area contributed by atoms with Crippen LogP contribution in [0.2, 0.25) is 0 Å². The molecule has 0 unspecified atom stereocenters. The molecule has 4 aromatic rings. The Balaban J connectivity index is 1.86. The van der Waals surface area contributed by atoms with Crippen LogP contribution in [-0.4, -0.2) is 35.5 Å². The third-order valence-electron chi connectivity index (χ3n) is 5.54. The average molecular weight is 460 g/mol. The van der Waals surface area contributed by atoms with E-state index in [1.165, 1.54) is 0 Å². The molecule has 0 saturated carbocycles. The zero-order valence-corrected chi connectivity index (χ0v) is 19.9. The monoisotopic (exact) mass is 459 g/mol. The lowest BCUT2D eigenvalue weighted by molar-refractivity contribution is 0.355. The summed E-state index contributed by atoms with van der Waals surface area (Å²) in [6.45, 7) is 0. The van der Waals surface area contributed by atoms with Gasteiger partial charge in [0.1, 0.15) is 5.75 Å². The number of fused-ring (bicyclic) bond motifs is 1. The molecule has 174 valence electrons. The Hall–Kier alpha value is -4.19. The normalized spacial score (nSPS) is 11.0. The molecule has 3 aromatic carbocycles. The fraction of sp³-hybridized carbons (Fsp3) is 0.179. The number of hydrogen-bond acceptors (Lipinski definition) is 5. The third-order valence-corrected chi connectivity index (χ3v) is 5.54. The van der Waals surface area contributed by atoms with E-state index in [1.807, 2.05) is 72.8 Å². The lowest BCUT2D eigenvalue weighted by Gasteiger charge is -2.08.